The van der Waals surface area contributed by atoms with Crippen LogP contribution in [0.5, 0.6) is 0 Å². The van der Waals surface area contributed by atoms with Crippen molar-refractivity contribution >= 4 is 35.1 Å². The van der Waals surface area contributed by atoms with E-state index in [0.29, 0.717) is 22.9 Å². The molecule has 0 aliphatic carbocycles. The van der Waals surface area contributed by atoms with Crippen LogP contribution in [-0.2, 0) is 0 Å². The quantitative estimate of drug-likeness (QED) is 0.852. The molecule has 2 aromatic rings. The lowest BCUT2D eigenvalue weighted by Crippen LogP contribution is -2.33. The van der Waals surface area contributed by atoms with Crippen LogP contribution in [0.3, 0.4) is 0 Å². The summed E-state index contributed by atoms with van der Waals surface area (Å²) in [6.45, 7) is 4.21. The number of hydrogen-bond acceptors (Lipinski definition) is 4. The van der Waals surface area contributed by atoms with Gasteiger partial charge >= 0.3 is 0 Å². The first-order valence-electron chi connectivity index (χ1n) is 7.80. The zero-order chi connectivity index (χ0) is 18.1. The van der Waals surface area contributed by atoms with Crippen molar-refractivity contribution in [3.63, 3.8) is 0 Å². The first-order chi connectivity index (χ1) is 11.9. The van der Waals surface area contributed by atoms with Gasteiger partial charge in [-0.2, -0.15) is 0 Å². The molecule has 1 aliphatic heterocycles. The van der Waals surface area contributed by atoms with E-state index in [9.17, 15) is 14.4 Å². The van der Waals surface area contributed by atoms with E-state index in [0.717, 1.165) is 0 Å². The highest BCUT2D eigenvalue weighted by Gasteiger charge is 2.36. The molecule has 3 rings (SSSR count). The summed E-state index contributed by atoms with van der Waals surface area (Å²) in [5, 5.41) is 3.09. The van der Waals surface area contributed by atoms with Gasteiger partial charge in [-0.05, 0) is 36.2 Å². The number of hydrogen-bond donors (Lipinski definition) is 1. The average Bonchev–Trinajstić information content (AvgIpc) is 2.81. The van der Waals surface area contributed by atoms with Gasteiger partial charge in [0.1, 0.15) is 5.82 Å². The highest BCUT2D eigenvalue weighted by Crippen LogP contribution is 2.25. The minimum Gasteiger partial charge on any atom is -0.307 e. The van der Waals surface area contributed by atoms with Gasteiger partial charge in [-0.25, -0.2) is 4.98 Å². The zero-order valence-electron chi connectivity index (χ0n) is 13.7. The first-order valence-corrected chi connectivity index (χ1v) is 8.17. The SMILES string of the molecule is CC(C)CN1C(=O)c2ccc(C(=O)Nc3ccc(Cl)cn3)cc2C1=O. The van der Waals surface area contributed by atoms with Crippen molar-refractivity contribution < 1.29 is 14.4 Å². The second-order valence-electron chi connectivity index (χ2n) is 6.19. The molecule has 1 aromatic heterocycles. The predicted octanol–water partition coefficient (Wildman–Crippen LogP) is 3.24. The van der Waals surface area contributed by atoms with Crippen molar-refractivity contribution in [2.75, 3.05) is 11.9 Å². The van der Waals surface area contributed by atoms with Crippen molar-refractivity contribution in [2.45, 2.75) is 13.8 Å². The van der Waals surface area contributed by atoms with E-state index in [1.54, 1.807) is 12.1 Å². The monoisotopic (exact) mass is 357 g/mol. The number of halogens is 1. The summed E-state index contributed by atoms with van der Waals surface area (Å²) in [7, 11) is 0. The van der Waals surface area contributed by atoms with Gasteiger partial charge in [0.25, 0.3) is 17.7 Å². The second kappa shape index (κ2) is 6.64. The van der Waals surface area contributed by atoms with E-state index in [4.69, 9.17) is 11.6 Å². The Kier molecular flexibility index (Phi) is 4.55. The Morgan fingerprint density at radius 3 is 2.52 bits per heavy atom. The number of nitrogens with one attached hydrogen (secondary N) is 1. The highest BCUT2D eigenvalue weighted by molar-refractivity contribution is 6.30. The molecule has 2 heterocycles. The molecule has 128 valence electrons. The number of benzene rings is 1. The van der Waals surface area contributed by atoms with E-state index in [2.05, 4.69) is 10.3 Å². The molecule has 0 saturated heterocycles. The maximum absolute atomic E-state index is 12.5. The van der Waals surface area contributed by atoms with E-state index < -0.39 is 5.91 Å². The molecule has 7 heteroatoms. The van der Waals surface area contributed by atoms with Crippen LogP contribution < -0.4 is 5.32 Å². The average molecular weight is 358 g/mol. The van der Waals surface area contributed by atoms with Gasteiger partial charge in [0.05, 0.1) is 16.1 Å². The van der Waals surface area contributed by atoms with Crippen LogP contribution in [0.4, 0.5) is 5.82 Å². The molecule has 1 N–H and O–H groups in total. The normalized spacial score (nSPS) is 13.4. The van der Waals surface area contributed by atoms with Crippen LogP contribution in [0.2, 0.25) is 5.02 Å². The van der Waals surface area contributed by atoms with E-state index in [1.165, 1.54) is 29.3 Å². The van der Waals surface area contributed by atoms with Crippen molar-refractivity contribution in [1.29, 1.82) is 0 Å². The van der Waals surface area contributed by atoms with Gasteiger partial charge in [-0.1, -0.05) is 25.4 Å². The number of fused-ring (bicyclic) bond motifs is 1. The Balaban J connectivity index is 1.84. The predicted molar refractivity (Wildman–Crippen MR) is 93.8 cm³/mol. The molecule has 0 bridgehead atoms. The summed E-state index contributed by atoms with van der Waals surface area (Å²) < 4.78 is 0. The highest BCUT2D eigenvalue weighted by atomic mass is 35.5. The molecule has 0 radical (unpaired) electrons. The van der Waals surface area contributed by atoms with Gasteiger partial charge in [-0.15, -0.1) is 0 Å². The number of rotatable bonds is 4. The fourth-order valence-corrected chi connectivity index (χ4v) is 2.71. The number of amides is 3. The van der Waals surface area contributed by atoms with E-state index >= 15 is 0 Å². The van der Waals surface area contributed by atoms with Gasteiger partial charge in [-0.3, -0.25) is 19.3 Å². The lowest BCUT2D eigenvalue weighted by Gasteiger charge is -2.15. The van der Waals surface area contributed by atoms with Crippen LogP contribution in [0, 0.1) is 5.92 Å². The zero-order valence-corrected chi connectivity index (χ0v) is 14.5. The third-order valence-corrected chi connectivity index (χ3v) is 3.97. The minimum absolute atomic E-state index is 0.168. The van der Waals surface area contributed by atoms with Crippen LogP contribution in [0.1, 0.15) is 44.9 Å². The topological polar surface area (TPSA) is 79.4 Å². The number of carbonyl (C=O) groups is 3. The summed E-state index contributed by atoms with van der Waals surface area (Å²) in [5.74, 6) is -0.590. The van der Waals surface area contributed by atoms with Crippen LogP contribution in [0.15, 0.2) is 36.5 Å². The lowest BCUT2D eigenvalue weighted by molar-refractivity contribution is 0.0636. The molecule has 1 aromatic carbocycles. The van der Waals surface area contributed by atoms with Crippen LogP contribution in [0.25, 0.3) is 0 Å². The largest absolute Gasteiger partial charge is 0.307 e. The van der Waals surface area contributed by atoms with Crippen molar-refractivity contribution in [3.8, 4) is 0 Å². The molecule has 0 unspecified atom stereocenters. The Morgan fingerprint density at radius 2 is 1.88 bits per heavy atom. The summed E-state index contributed by atoms with van der Waals surface area (Å²) >= 11 is 5.76. The Morgan fingerprint density at radius 1 is 1.16 bits per heavy atom. The molecule has 0 spiro atoms. The number of carbonyl (C=O) groups excluding carboxylic acids is 3. The van der Waals surface area contributed by atoms with E-state index in [1.807, 2.05) is 13.8 Å². The number of anilines is 1. The fraction of sp³-hybridized carbons (Fsp3) is 0.222. The number of nitrogens with zero attached hydrogens (tertiary/aromatic N) is 2. The standard InChI is InChI=1S/C18H16ClN3O3/c1-10(2)9-22-17(24)13-5-3-11(7-14(13)18(22)25)16(23)21-15-6-4-12(19)8-20-15/h3-8,10H,9H2,1-2H3,(H,20,21,23). The lowest BCUT2D eigenvalue weighted by atomic mass is 10.1. The summed E-state index contributed by atoms with van der Waals surface area (Å²) in [6.07, 6.45) is 1.42. The molecule has 0 atom stereocenters. The third-order valence-electron chi connectivity index (χ3n) is 3.75. The van der Waals surface area contributed by atoms with E-state index in [-0.39, 0.29) is 28.9 Å². The number of aromatic nitrogens is 1. The molecule has 6 nitrogen and oxygen atoms in total. The van der Waals surface area contributed by atoms with Crippen LogP contribution >= 0.6 is 11.6 Å². The second-order valence-corrected chi connectivity index (χ2v) is 6.63. The first kappa shape index (κ1) is 17.1. The molecule has 0 fully saturated rings. The molecule has 1 aliphatic rings. The molecule has 25 heavy (non-hydrogen) atoms. The van der Waals surface area contributed by atoms with Crippen molar-refractivity contribution in [2.24, 2.45) is 5.92 Å². The molecular weight excluding hydrogens is 342 g/mol. The summed E-state index contributed by atoms with van der Waals surface area (Å²) in [4.78, 5) is 42.4. The molecular formula is C18H16ClN3O3. The summed E-state index contributed by atoms with van der Waals surface area (Å²) in [6, 6.07) is 7.67. The Hall–Kier alpha value is -2.73. The van der Waals surface area contributed by atoms with Gasteiger partial charge in [0.15, 0.2) is 0 Å². The van der Waals surface area contributed by atoms with Crippen LogP contribution in [-0.4, -0.2) is 34.2 Å². The van der Waals surface area contributed by atoms with Gasteiger partial charge in [0, 0.05) is 18.3 Å². The maximum atomic E-state index is 12.5. The molecule has 3 amide bonds. The fourth-order valence-electron chi connectivity index (χ4n) is 2.60. The number of imide groups is 1. The minimum atomic E-state index is -0.416. The Bertz CT molecular complexity index is 862. The molecule has 0 saturated carbocycles. The maximum Gasteiger partial charge on any atom is 0.261 e. The van der Waals surface area contributed by atoms with Gasteiger partial charge in [0.2, 0.25) is 0 Å². The smallest absolute Gasteiger partial charge is 0.261 e. The summed E-state index contributed by atoms with van der Waals surface area (Å²) in [5.41, 5.74) is 0.859. The third kappa shape index (κ3) is 3.39. The number of pyridine rings is 1. The van der Waals surface area contributed by atoms with Crippen molar-refractivity contribution in [1.82, 2.24) is 9.88 Å². The van der Waals surface area contributed by atoms with Gasteiger partial charge < -0.3 is 5.32 Å². The van der Waals surface area contributed by atoms with Crippen molar-refractivity contribution in [3.05, 3.63) is 58.2 Å². The Labute approximate surface area is 149 Å².